The maximum atomic E-state index is 12.1. The van der Waals surface area contributed by atoms with Gasteiger partial charge in [-0.05, 0) is 32.4 Å². The van der Waals surface area contributed by atoms with E-state index in [1.165, 1.54) is 0 Å². The van der Waals surface area contributed by atoms with Gasteiger partial charge in [-0.2, -0.15) is 0 Å². The number of fused-ring (bicyclic) bond motifs is 1. The van der Waals surface area contributed by atoms with Crippen molar-refractivity contribution in [1.82, 2.24) is 5.32 Å². The van der Waals surface area contributed by atoms with Gasteiger partial charge in [0.1, 0.15) is 5.58 Å². The number of hydrogen-bond acceptors (Lipinski definition) is 5. The van der Waals surface area contributed by atoms with Crippen LogP contribution in [0.2, 0.25) is 0 Å². The number of carbonyl (C=O) groups excluding carboxylic acids is 2. The lowest BCUT2D eigenvalue weighted by molar-refractivity contribution is -0.124. The van der Waals surface area contributed by atoms with E-state index in [1.54, 1.807) is 18.2 Å². The van der Waals surface area contributed by atoms with Crippen molar-refractivity contribution in [2.45, 2.75) is 39.7 Å². The molecule has 1 heterocycles. The van der Waals surface area contributed by atoms with Crippen LogP contribution in [0, 0.1) is 6.92 Å². The van der Waals surface area contributed by atoms with Crippen LogP contribution in [-0.2, 0) is 9.53 Å². The zero-order chi connectivity index (χ0) is 17.7. The second kappa shape index (κ2) is 7.77. The van der Waals surface area contributed by atoms with Crippen LogP contribution in [0.1, 0.15) is 42.8 Å². The number of nitrogens with one attached hydrogen (secondary N) is 1. The molecule has 2 rings (SSSR count). The van der Waals surface area contributed by atoms with E-state index in [-0.39, 0.29) is 23.1 Å². The van der Waals surface area contributed by atoms with Crippen molar-refractivity contribution in [3.05, 3.63) is 45.8 Å². The Labute approximate surface area is 139 Å². The lowest BCUT2D eigenvalue weighted by Crippen LogP contribution is -2.35. The SMILES string of the molecule is CCC[C@@H](C)NC(=O)COC(=O)c1cc(=O)c2cc(C)ccc2o1. The van der Waals surface area contributed by atoms with Crippen LogP contribution in [-0.4, -0.2) is 24.5 Å². The van der Waals surface area contributed by atoms with Crippen molar-refractivity contribution < 1.29 is 18.7 Å². The van der Waals surface area contributed by atoms with Crippen molar-refractivity contribution in [3.63, 3.8) is 0 Å². The molecule has 128 valence electrons. The van der Waals surface area contributed by atoms with Crippen molar-refractivity contribution in [2.24, 2.45) is 0 Å². The number of hydrogen-bond donors (Lipinski definition) is 1. The zero-order valence-corrected chi connectivity index (χ0v) is 14.0. The number of amides is 1. The fraction of sp³-hybridized carbons (Fsp3) is 0.389. The molecule has 24 heavy (non-hydrogen) atoms. The average molecular weight is 331 g/mol. The highest BCUT2D eigenvalue weighted by Crippen LogP contribution is 2.14. The first-order valence-corrected chi connectivity index (χ1v) is 7.91. The van der Waals surface area contributed by atoms with Gasteiger partial charge in [-0.1, -0.05) is 25.0 Å². The van der Waals surface area contributed by atoms with E-state index in [1.807, 2.05) is 20.8 Å². The lowest BCUT2D eigenvalue weighted by Gasteiger charge is -2.12. The van der Waals surface area contributed by atoms with E-state index < -0.39 is 12.6 Å². The minimum absolute atomic E-state index is 0.0167. The summed E-state index contributed by atoms with van der Waals surface area (Å²) in [6.07, 6.45) is 1.79. The van der Waals surface area contributed by atoms with Crippen LogP contribution in [0.3, 0.4) is 0 Å². The molecule has 0 fully saturated rings. The Morgan fingerprint density at radius 2 is 2.04 bits per heavy atom. The van der Waals surface area contributed by atoms with Crippen LogP contribution < -0.4 is 10.7 Å². The molecule has 0 unspecified atom stereocenters. The van der Waals surface area contributed by atoms with Crippen molar-refractivity contribution in [1.29, 1.82) is 0 Å². The normalized spacial score (nSPS) is 12.0. The molecule has 0 saturated heterocycles. The van der Waals surface area contributed by atoms with Gasteiger partial charge in [0.15, 0.2) is 12.0 Å². The van der Waals surface area contributed by atoms with Crippen LogP contribution >= 0.6 is 0 Å². The number of carbonyl (C=O) groups is 2. The van der Waals surface area contributed by atoms with Crippen molar-refractivity contribution >= 4 is 22.8 Å². The Bertz CT molecular complexity index is 809. The third-order valence-corrected chi connectivity index (χ3v) is 3.55. The topological polar surface area (TPSA) is 85.6 Å². The van der Waals surface area contributed by atoms with Crippen LogP contribution in [0.15, 0.2) is 33.5 Å². The summed E-state index contributed by atoms with van der Waals surface area (Å²) in [6.45, 7) is 5.35. The summed E-state index contributed by atoms with van der Waals surface area (Å²) in [5, 5.41) is 3.13. The molecule has 1 aromatic heterocycles. The number of rotatable bonds is 6. The van der Waals surface area contributed by atoms with Gasteiger partial charge in [0.2, 0.25) is 5.76 Å². The third kappa shape index (κ3) is 4.44. The van der Waals surface area contributed by atoms with E-state index in [4.69, 9.17) is 9.15 Å². The van der Waals surface area contributed by atoms with Gasteiger partial charge in [-0.15, -0.1) is 0 Å². The van der Waals surface area contributed by atoms with Crippen LogP contribution in [0.25, 0.3) is 11.0 Å². The number of ether oxygens (including phenoxy) is 1. The highest BCUT2D eigenvalue weighted by atomic mass is 16.5. The predicted octanol–water partition coefficient (Wildman–Crippen LogP) is 2.56. The molecule has 0 aliphatic carbocycles. The molecule has 0 bridgehead atoms. The monoisotopic (exact) mass is 331 g/mol. The summed E-state index contributed by atoms with van der Waals surface area (Å²) in [6, 6.07) is 6.20. The molecule has 0 saturated carbocycles. The summed E-state index contributed by atoms with van der Waals surface area (Å²) in [5.41, 5.74) is 0.900. The zero-order valence-electron chi connectivity index (χ0n) is 14.0. The van der Waals surface area contributed by atoms with Crippen molar-refractivity contribution in [2.75, 3.05) is 6.61 Å². The molecule has 6 nitrogen and oxygen atoms in total. The summed E-state index contributed by atoms with van der Waals surface area (Å²) in [7, 11) is 0. The Kier molecular flexibility index (Phi) is 5.73. The molecule has 0 aliphatic rings. The highest BCUT2D eigenvalue weighted by molar-refractivity contribution is 5.90. The molecule has 0 radical (unpaired) electrons. The first-order valence-electron chi connectivity index (χ1n) is 7.91. The van der Waals surface area contributed by atoms with Gasteiger partial charge in [-0.25, -0.2) is 4.79 Å². The van der Waals surface area contributed by atoms with E-state index >= 15 is 0 Å². The molecule has 1 atom stereocenters. The number of benzene rings is 1. The van der Waals surface area contributed by atoms with Crippen LogP contribution in [0.5, 0.6) is 0 Å². The Hall–Kier alpha value is -2.63. The predicted molar refractivity (Wildman–Crippen MR) is 90.0 cm³/mol. The largest absolute Gasteiger partial charge is 0.450 e. The van der Waals surface area contributed by atoms with Crippen molar-refractivity contribution in [3.8, 4) is 0 Å². The fourth-order valence-electron chi connectivity index (χ4n) is 2.39. The summed E-state index contributed by atoms with van der Waals surface area (Å²) in [4.78, 5) is 35.8. The van der Waals surface area contributed by atoms with Gasteiger partial charge in [-0.3, -0.25) is 9.59 Å². The maximum Gasteiger partial charge on any atom is 0.374 e. The van der Waals surface area contributed by atoms with Crippen LogP contribution in [0.4, 0.5) is 0 Å². The smallest absolute Gasteiger partial charge is 0.374 e. The molecule has 6 heteroatoms. The molecule has 2 aromatic rings. The second-order valence-electron chi connectivity index (χ2n) is 5.81. The second-order valence-corrected chi connectivity index (χ2v) is 5.81. The maximum absolute atomic E-state index is 12.1. The Morgan fingerprint density at radius 3 is 2.75 bits per heavy atom. The Morgan fingerprint density at radius 1 is 1.29 bits per heavy atom. The quantitative estimate of drug-likeness (QED) is 0.822. The molecule has 0 aliphatic heterocycles. The molecule has 1 aromatic carbocycles. The van der Waals surface area contributed by atoms with E-state index in [2.05, 4.69) is 5.32 Å². The Balaban J connectivity index is 2.05. The summed E-state index contributed by atoms with van der Waals surface area (Å²) in [5.74, 6) is -1.44. The molecular weight excluding hydrogens is 310 g/mol. The first kappa shape index (κ1) is 17.7. The summed E-state index contributed by atoms with van der Waals surface area (Å²) >= 11 is 0. The first-order chi connectivity index (χ1) is 11.4. The van der Waals surface area contributed by atoms with Gasteiger partial charge in [0.05, 0.1) is 5.39 Å². The minimum atomic E-state index is -0.840. The van der Waals surface area contributed by atoms with Gasteiger partial charge in [0, 0.05) is 12.1 Å². The van der Waals surface area contributed by atoms with Gasteiger partial charge >= 0.3 is 5.97 Å². The lowest BCUT2D eigenvalue weighted by atomic mass is 10.1. The fourth-order valence-corrected chi connectivity index (χ4v) is 2.39. The minimum Gasteiger partial charge on any atom is -0.450 e. The molecular formula is C18H21NO5. The highest BCUT2D eigenvalue weighted by Gasteiger charge is 2.16. The molecule has 1 amide bonds. The van der Waals surface area contributed by atoms with Gasteiger partial charge < -0.3 is 14.5 Å². The third-order valence-electron chi connectivity index (χ3n) is 3.55. The average Bonchev–Trinajstić information content (AvgIpc) is 2.53. The standard InChI is InChI=1S/C18H21NO5/c1-4-5-12(3)19-17(21)10-23-18(22)16-9-14(20)13-8-11(2)6-7-15(13)24-16/h6-9,12H,4-5,10H2,1-3H3,(H,19,21)/t12-/m1/s1. The van der Waals surface area contributed by atoms with Gasteiger partial charge in [0.25, 0.3) is 5.91 Å². The van der Waals surface area contributed by atoms with E-state index in [0.29, 0.717) is 11.0 Å². The molecule has 1 N–H and O–H groups in total. The number of aryl methyl sites for hydroxylation is 1. The molecule has 0 spiro atoms. The van der Waals surface area contributed by atoms with E-state index in [9.17, 15) is 14.4 Å². The number of esters is 1. The van der Waals surface area contributed by atoms with E-state index in [0.717, 1.165) is 24.5 Å². The summed E-state index contributed by atoms with van der Waals surface area (Å²) < 4.78 is 10.3.